The van der Waals surface area contributed by atoms with Crippen LogP contribution in [0.2, 0.25) is 0 Å². The van der Waals surface area contributed by atoms with Gasteiger partial charge in [-0.3, -0.25) is 9.59 Å². The van der Waals surface area contributed by atoms with Gasteiger partial charge >= 0.3 is 0 Å². The van der Waals surface area contributed by atoms with Crippen molar-refractivity contribution in [2.75, 3.05) is 26.6 Å². The van der Waals surface area contributed by atoms with Gasteiger partial charge in [0.15, 0.2) is 0 Å². The second kappa shape index (κ2) is 7.31. The van der Waals surface area contributed by atoms with Gasteiger partial charge in [-0.1, -0.05) is 12.1 Å². The molecule has 0 bridgehead atoms. The normalized spacial score (nSPS) is 9.87. The zero-order chi connectivity index (χ0) is 16.8. The van der Waals surface area contributed by atoms with E-state index in [2.05, 4.69) is 10.6 Å². The minimum atomic E-state index is -0.392. The molecule has 120 valence electrons. The summed E-state index contributed by atoms with van der Waals surface area (Å²) in [5.41, 5.74) is 1.12. The van der Waals surface area contributed by atoms with Crippen LogP contribution in [0, 0.1) is 0 Å². The molecule has 2 aromatic carbocycles. The largest absolute Gasteiger partial charge is 0.497 e. The Balaban J connectivity index is 2.35. The van der Waals surface area contributed by atoms with Gasteiger partial charge in [-0.25, -0.2) is 0 Å². The van der Waals surface area contributed by atoms with Gasteiger partial charge in [-0.05, 0) is 30.3 Å². The average molecular weight is 314 g/mol. The van der Waals surface area contributed by atoms with Crippen LogP contribution in [-0.2, 0) is 0 Å². The number of benzene rings is 2. The molecule has 6 nitrogen and oxygen atoms in total. The van der Waals surface area contributed by atoms with E-state index in [1.54, 1.807) is 42.5 Å². The van der Waals surface area contributed by atoms with E-state index in [0.717, 1.165) is 0 Å². The smallest absolute Gasteiger partial charge is 0.259 e. The van der Waals surface area contributed by atoms with Crippen LogP contribution < -0.4 is 20.1 Å². The number of ether oxygens (including phenoxy) is 2. The van der Waals surface area contributed by atoms with Gasteiger partial charge in [0, 0.05) is 7.05 Å². The number of methoxy groups -OCH3 is 2. The third kappa shape index (κ3) is 3.60. The molecule has 2 N–H and O–H groups in total. The maximum absolute atomic E-state index is 12.5. The molecule has 0 aliphatic rings. The first-order valence-electron chi connectivity index (χ1n) is 6.95. The lowest BCUT2D eigenvalue weighted by atomic mass is 10.1. The van der Waals surface area contributed by atoms with Crippen LogP contribution in [0.25, 0.3) is 0 Å². The van der Waals surface area contributed by atoms with E-state index >= 15 is 0 Å². The molecule has 0 aliphatic carbocycles. The van der Waals surface area contributed by atoms with Crippen LogP contribution in [0.1, 0.15) is 20.7 Å². The molecule has 2 rings (SSSR count). The fourth-order valence-corrected chi connectivity index (χ4v) is 2.11. The number of hydrogen-bond acceptors (Lipinski definition) is 4. The van der Waals surface area contributed by atoms with Gasteiger partial charge in [0.2, 0.25) is 0 Å². The number of carbonyl (C=O) groups is 2. The molecule has 0 spiro atoms. The van der Waals surface area contributed by atoms with E-state index in [0.29, 0.717) is 28.3 Å². The molecule has 2 amide bonds. The highest BCUT2D eigenvalue weighted by Crippen LogP contribution is 2.25. The van der Waals surface area contributed by atoms with Crippen molar-refractivity contribution in [1.29, 1.82) is 0 Å². The van der Waals surface area contributed by atoms with Crippen LogP contribution in [-0.4, -0.2) is 33.1 Å². The van der Waals surface area contributed by atoms with E-state index in [1.165, 1.54) is 21.3 Å². The number of anilines is 1. The molecule has 0 radical (unpaired) electrons. The Kier molecular flexibility index (Phi) is 5.19. The van der Waals surface area contributed by atoms with Crippen molar-refractivity contribution >= 4 is 17.5 Å². The monoisotopic (exact) mass is 314 g/mol. The molecule has 2 aromatic rings. The van der Waals surface area contributed by atoms with Gasteiger partial charge in [-0.2, -0.15) is 0 Å². The Morgan fingerprint density at radius 1 is 0.913 bits per heavy atom. The number of carbonyl (C=O) groups excluding carboxylic acids is 2. The van der Waals surface area contributed by atoms with Crippen LogP contribution in [0.5, 0.6) is 11.5 Å². The van der Waals surface area contributed by atoms with Gasteiger partial charge in [-0.15, -0.1) is 0 Å². The van der Waals surface area contributed by atoms with Crippen molar-refractivity contribution < 1.29 is 19.1 Å². The summed E-state index contributed by atoms with van der Waals surface area (Å²) in [4.78, 5) is 24.4. The van der Waals surface area contributed by atoms with E-state index in [1.807, 2.05) is 0 Å². The SMILES string of the molecule is CNC(=O)c1ccccc1NC(=O)c1cc(OC)ccc1OC. The first-order valence-corrected chi connectivity index (χ1v) is 6.95. The Labute approximate surface area is 134 Å². The lowest BCUT2D eigenvalue weighted by Gasteiger charge is -2.13. The number of hydrogen-bond donors (Lipinski definition) is 2. The number of nitrogens with one attached hydrogen (secondary N) is 2. The number of amides is 2. The van der Waals surface area contributed by atoms with Crippen molar-refractivity contribution in [2.45, 2.75) is 0 Å². The number of para-hydroxylation sites is 1. The van der Waals surface area contributed by atoms with E-state index in [-0.39, 0.29) is 5.91 Å². The Morgan fingerprint density at radius 3 is 2.30 bits per heavy atom. The zero-order valence-corrected chi connectivity index (χ0v) is 13.2. The zero-order valence-electron chi connectivity index (χ0n) is 13.2. The minimum Gasteiger partial charge on any atom is -0.497 e. The summed E-state index contributed by atoms with van der Waals surface area (Å²) < 4.78 is 10.3. The molecule has 23 heavy (non-hydrogen) atoms. The van der Waals surface area contributed by atoms with Crippen LogP contribution >= 0.6 is 0 Å². The highest BCUT2D eigenvalue weighted by molar-refractivity contribution is 6.10. The molecule has 0 saturated carbocycles. The van der Waals surface area contributed by atoms with E-state index in [4.69, 9.17) is 9.47 Å². The molecule has 0 aliphatic heterocycles. The molecule has 0 saturated heterocycles. The fraction of sp³-hybridized carbons (Fsp3) is 0.176. The average Bonchev–Trinajstić information content (AvgIpc) is 2.60. The van der Waals surface area contributed by atoms with Crippen LogP contribution in [0.3, 0.4) is 0 Å². The van der Waals surface area contributed by atoms with Crippen LogP contribution in [0.4, 0.5) is 5.69 Å². The molecule has 0 unspecified atom stereocenters. The van der Waals surface area contributed by atoms with E-state index < -0.39 is 5.91 Å². The summed E-state index contributed by atoms with van der Waals surface area (Å²) in [6.45, 7) is 0. The van der Waals surface area contributed by atoms with Crippen molar-refractivity contribution in [2.24, 2.45) is 0 Å². The fourth-order valence-electron chi connectivity index (χ4n) is 2.11. The number of rotatable bonds is 5. The summed E-state index contributed by atoms with van der Waals surface area (Å²) in [7, 11) is 4.54. The summed E-state index contributed by atoms with van der Waals surface area (Å²) in [6.07, 6.45) is 0. The molecule has 0 fully saturated rings. The first-order chi connectivity index (χ1) is 11.1. The second-order valence-electron chi connectivity index (χ2n) is 4.65. The summed E-state index contributed by atoms with van der Waals surface area (Å²) in [5, 5.41) is 5.27. The van der Waals surface area contributed by atoms with Crippen LogP contribution in [0.15, 0.2) is 42.5 Å². The lowest BCUT2D eigenvalue weighted by Crippen LogP contribution is -2.21. The standard InChI is InChI=1S/C17H18N2O4/c1-18-16(20)12-6-4-5-7-14(12)19-17(21)13-10-11(22-2)8-9-15(13)23-3/h4-10H,1-3H3,(H,18,20)(H,19,21). The summed E-state index contributed by atoms with van der Waals surface area (Å²) in [5.74, 6) is 0.284. The predicted octanol–water partition coefficient (Wildman–Crippen LogP) is 2.32. The molecular weight excluding hydrogens is 296 g/mol. The Bertz CT molecular complexity index is 728. The maximum atomic E-state index is 12.5. The third-order valence-corrected chi connectivity index (χ3v) is 3.30. The van der Waals surface area contributed by atoms with Gasteiger partial charge in [0.25, 0.3) is 11.8 Å². The third-order valence-electron chi connectivity index (χ3n) is 3.30. The van der Waals surface area contributed by atoms with Crippen molar-refractivity contribution in [3.63, 3.8) is 0 Å². The first kappa shape index (κ1) is 16.4. The molecule has 0 aromatic heterocycles. The highest BCUT2D eigenvalue weighted by atomic mass is 16.5. The Hall–Kier alpha value is -3.02. The van der Waals surface area contributed by atoms with Gasteiger partial charge in [0.05, 0.1) is 31.0 Å². The van der Waals surface area contributed by atoms with Crippen molar-refractivity contribution in [3.05, 3.63) is 53.6 Å². The minimum absolute atomic E-state index is 0.279. The maximum Gasteiger partial charge on any atom is 0.259 e. The predicted molar refractivity (Wildman–Crippen MR) is 87.3 cm³/mol. The lowest BCUT2D eigenvalue weighted by molar-refractivity contribution is 0.0964. The van der Waals surface area contributed by atoms with Gasteiger partial charge in [0.1, 0.15) is 11.5 Å². The van der Waals surface area contributed by atoms with Crippen molar-refractivity contribution in [1.82, 2.24) is 5.32 Å². The molecule has 0 atom stereocenters. The molecular formula is C17H18N2O4. The quantitative estimate of drug-likeness (QED) is 0.888. The molecule has 0 heterocycles. The summed E-state index contributed by atoms with van der Waals surface area (Å²) in [6, 6.07) is 11.7. The van der Waals surface area contributed by atoms with Gasteiger partial charge < -0.3 is 20.1 Å². The van der Waals surface area contributed by atoms with Crippen molar-refractivity contribution in [3.8, 4) is 11.5 Å². The Morgan fingerprint density at radius 2 is 1.65 bits per heavy atom. The summed E-state index contributed by atoms with van der Waals surface area (Å²) >= 11 is 0. The second-order valence-corrected chi connectivity index (χ2v) is 4.65. The topological polar surface area (TPSA) is 76.7 Å². The highest BCUT2D eigenvalue weighted by Gasteiger charge is 2.17. The van der Waals surface area contributed by atoms with E-state index in [9.17, 15) is 9.59 Å². The molecule has 6 heteroatoms.